The molecule has 2 nitrogen and oxygen atoms in total. The van der Waals surface area contributed by atoms with Crippen LogP contribution in [0.1, 0.15) is 0 Å². The second kappa shape index (κ2) is 13.2. The molecule has 0 saturated carbocycles. The molecule has 2 heteroatoms. The highest BCUT2D eigenvalue weighted by Crippen LogP contribution is 2.42. The van der Waals surface area contributed by atoms with E-state index in [-0.39, 0.29) is 0 Å². The lowest BCUT2D eigenvalue weighted by atomic mass is 9.96. The Kier molecular flexibility index (Phi) is 7.53. The Morgan fingerprint density at radius 3 is 1.07 bits per heavy atom. The van der Waals surface area contributed by atoms with Gasteiger partial charge in [0.15, 0.2) is 0 Å². The number of rotatable bonds is 6. The highest BCUT2D eigenvalue weighted by Gasteiger charge is 2.20. The predicted molar refractivity (Wildman–Crippen MR) is 237 cm³/mol. The van der Waals surface area contributed by atoms with Gasteiger partial charge in [0.2, 0.25) is 0 Å². The molecular weight excluding hydrogens is 677 g/mol. The van der Waals surface area contributed by atoms with E-state index in [9.17, 15) is 0 Å². The number of para-hydroxylation sites is 4. The molecule has 0 radical (unpaired) electrons. The van der Waals surface area contributed by atoms with Crippen molar-refractivity contribution in [1.29, 1.82) is 0 Å². The monoisotopic (exact) mass is 712 g/mol. The van der Waals surface area contributed by atoms with Crippen LogP contribution in [-0.2, 0) is 0 Å². The molecule has 0 N–H and O–H groups in total. The van der Waals surface area contributed by atoms with Crippen molar-refractivity contribution < 1.29 is 0 Å². The van der Waals surface area contributed by atoms with Crippen molar-refractivity contribution in [3.05, 3.63) is 218 Å². The third kappa shape index (κ3) is 5.19. The van der Waals surface area contributed by atoms with E-state index in [2.05, 4.69) is 228 Å². The van der Waals surface area contributed by atoms with E-state index in [1.54, 1.807) is 0 Å². The third-order valence-corrected chi connectivity index (χ3v) is 11.3. The Bertz CT molecular complexity index is 3020. The van der Waals surface area contributed by atoms with Crippen LogP contribution in [0.4, 0.5) is 0 Å². The maximum absolute atomic E-state index is 2.46. The van der Waals surface area contributed by atoms with E-state index >= 15 is 0 Å². The first-order valence-electron chi connectivity index (χ1n) is 19.3. The zero-order valence-electron chi connectivity index (χ0n) is 30.7. The molecule has 0 fully saturated rings. The molecule has 0 aliphatic heterocycles. The molecule has 0 amide bonds. The third-order valence-electron chi connectivity index (χ3n) is 11.3. The maximum atomic E-state index is 2.46. The predicted octanol–water partition coefficient (Wildman–Crippen LogP) is 14.5. The quantitative estimate of drug-likeness (QED) is 0.162. The first-order valence-corrected chi connectivity index (χ1v) is 19.3. The normalized spacial score (nSPS) is 11.6. The largest absolute Gasteiger partial charge is 0.309 e. The fraction of sp³-hybridized carbons (Fsp3) is 0. The van der Waals surface area contributed by atoms with Gasteiger partial charge >= 0.3 is 0 Å². The number of fused-ring (bicyclic) bond motifs is 6. The van der Waals surface area contributed by atoms with Crippen LogP contribution in [0, 0.1) is 0 Å². The minimum Gasteiger partial charge on any atom is -0.309 e. The number of aromatic nitrogens is 2. The van der Waals surface area contributed by atoms with Gasteiger partial charge in [0.25, 0.3) is 0 Å². The molecule has 0 bridgehead atoms. The van der Waals surface area contributed by atoms with Crippen LogP contribution in [0.2, 0.25) is 0 Å². The van der Waals surface area contributed by atoms with Crippen molar-refractivity contribution in [1.82, 2.24) is 9.13 Å². The van der Waals surface area contributed by atoms with Crippen molar-refractivity contribution in [3.63, 3.8) is 0 Å². The summed E-state index contributed by atoms with van der Waals surface area (Å²) >= 11 is 0. The van der Waals surface area contributed by atoms with Gasteiger partial charge in [0, 0.05) is 44.0 Å². The number of hydrogen-bond donors (Lipinski definition) is 0. The van der Waals surface area contributed by atoms with Gasteiger partial charge in [-0.2, -0.15) is 0 Å². The van der Waals surface area contributed by atoms with Crippen LogP contribution in [0.5, 0.6) is 0 Å². The zero-order valence-corrected chi connectivity index (χ0v) is 30.7. The summed E-state index contributed by atoms with van der Waals surface area (Å²) in [5.41, 5.74) is 16.7. The molecule has 0 unspecified atom stereocenters. The summed E-state index contributed by atoms with van der Waals surface area (Å²) < 4.78 is 4.91. The summed E-state index contributed by atoms with van der Waals surface area (Å²) in [6.07, 6.45) is 0. The molecule has 0 aliphatic rings. The molecular formula is C54H36N2. The van der Waals surface area contributed by atoms with Gasteiger partial charge < -0.3 is 9.13 Å². The molecule has 0 spiro atoms. The summed E-state index contributed by atoms with van der Waals surface area (Å²) in [6.45, 7) is 0. The Balaban J connectivity index is 1.13. The molecule has 2 aromatic heterocycles. The molecule has 0 saturated heterocycles. The van der Waals surface area contributed by atoms with Crippen molar-refractivity contribution in [2.24, 2.45) is 0 Å². The fourth-order valence-corrected chi connectivity index (χ4v) is 8.80. The first kappa shape index (κ1) is 32.0. The fourth-order valence-electron chi connectivity index (χ4n) is 8.80. The summed E-state index contributed by atoms with van der Waals surface area (Å²) in [5.74, 6) is 0. The van der Waals surface area contributed by atoms with Crippen LogP contribution < -0.4 is 0 Å². The highest BCUT2D eigenvalue weighted by molar-refractivity contribution is 6.15. The average Bonchev–Trinajstić information content (AvgIpc) is 3.81. The number of nitrogens with zero attached hydrogens (tertiary/aromatic N) is 2. The summed E-state index contributed by atoms with van der Waals surface area (Å²) in [4.78, 5) is 0. The van der Waals surface area contributed by atoms with E-state index in [0.717, 1.165) is 11.4 Å². The van der Waals surface area contributed by atoms with E-state index in [0.29, 0.717) is 0 Å². The van der Waals surface area contributed by atoms with Crippen molar-refractivity contribution in [2.45, 2.75) is 0 Å². The van der Waals surface area contributed by atoms with Crippen LogP contribution in [0.15, 0.2) is 218 Å². The highest BCUT2D eigenvalue weighted by atomic mass is 15.0. The van der Waals surface area contributed by atoms with E-state index in [1.807, 2.05) is 0 Å². The Labute approximate surface area is 325 Å². The topological polar surface area (TPSA) is 9.86 Å². The van der Waals surface area contributed by atoms with Crippen LogP contribution in [0.3, 0.4) is 0 Å². The number of hydrogen-bond acceptors (Lipinski definition) is 0. The van der Waals surface area contributed by atoms with Gasteiger partial charge in [-0.1, -0.05) is 176 Å². The average molecular weight is 713 g/mol. The molecule has 11 aromatic rings. The second-order valence-corrected chi connectivity index (χ2v) is 14.5. The van der Waals surface area contributed by atoms with Crippen molar-refractivity contribution in [2.75, 3.05) is 0 Å². The Hall–Kier alpha value is -7.42. The Morgan fingerprint density at radius 1 is 0.232 bits per heavy atom. The van der Waals surface area contributed by atoms with Gasteiger partial charge in [-0.3, -0.25) is 0 Å². The van der Waals surface area contributed by atoms with Crippen molar-refractivity contribution >= 4 is 43.6 Å². The van der Waals surface area contributed by atoms with E-state index < -0.39 is 0 Å². The molecule has 9 aromatic carbocycles. The maximum Gasteiger partial charge on any atom is 0.0619 e. The molecule has 2 heterocycles. The van der Waals surface area contributed by atoms with Gasteiger partial charge in [0.1, 0.15) is 0 Å². The van der Waals surface area contributed by atoms with E-state index in [1.165, 1.54) is 88.1 Å². The number of benzene rings is 9. The summed E-state index contributed by atoms with van der Waals surface area (Å²) in [7, 11) is 0. The van der Waals surface area contributed by atoms with Crippen LogP contribution >= 0.6 is 0 Å². The minimum absolute atomic E-state index is 1.15. The van der Waals surface area contributed by atoms with Crippen LogP contribution in [0.25, 0.3) is 99.5 Å². The second-order valence-electron chi connectivity index (χ2n) is 14.5. The standard InChI is InChI=1S/C54H36N2/c1-3-16-37(17-4-1)39-20-12-24-43(35-39)55-51-32-9-7-26-47(51)49-30-14-28-45(53(49)55)41-22-11-23-42(34-41)46-29-15-31-50-48-27-8-10-33-52(48)56(54(46)50)44-25-13-21-40(36-44)38-18-5-2-6-19-38/h1-36H. The smallest absolute Gasteiger partial charge is 0.0619 e. The van der Waals surface area contributed by atoms with Crippen LogP contribution in [-0.4, -0.2) is 9.13 Å². The molecule has 11 rings (SSSR count). The summed E-state index contributed by atoms with van der Waals surface area (Å²) in [5, 5.41) is 4.98. The molecule has 0 aliphatic carbocycles. The van der Waals surface area contributed by atoms with Crippen molar-refractivity contribution in [3.8, 4) is 55.9 Å². The lowest BCUT2D eigenvalue weighted by molar-refractivity contribution is 1.18. The lowest BCUT2D eigenvalue weighted by Gasteiger charge is -2.15. The molecule has 56 heavy (non-hydrogen) atoms. The Morgan fingerprint density at radius 2 is 0.589 bits per heavy atom. The van der Waals surface area contributed by atoms with E-state index in [4.69, 9.17) is 0 Å². The van der Waals surface area contributed by atoms with Gasteiger partial charge in [-0.15, -0.1) is 0 Å². The minimum atomic E-state index is 1.15. The molecule has 262 valence electrons. The van der Waals surface area contributed by atoms with Gasteiger partial charge in [-0.25, -0.2) is 0 Å². The molecule has 0 atom stereocenters. The summed E-state index contributed by atoms with van der Waals surface area (Å²) in [6, 6.07) is 79.4. The zero-order chi connectivity index (χ0) is 37.0. The van der Waals surface area contributed by atoms with Gasteiger partial charge in [0.05, 0.1) is 22.1 Å². The van der Waals surface area contributed by atoms with Gasteiger partial charge in [-0.05, 0) is 75.8 Å². The SMILES string of the molecule is c1ccc(-c2cccc(-n3c4ccccc4c4cccc(-c5cccc(-c6cccc7c8ccccc8n(-c8cccc(-c9ccccc9)c8)c67)c5)c43)c2)cc1. The first-order chi connectivity index (χ1) is 27.8. The lowest BCUT2D eigenvalue weighted by Crippen LogP contribution is -1.97.